The molecule has 0 amide bonds. The van der Waals surface area contributed by atoms with E-state index in [1.165, 1.54) is 19.3 Å². The van der Waals surface area contributed by atoms with Crippen LogP contribution in [0.2, 0.25) is 0 Å². The number of nitrogens with two attached hydrogens (primary N) is 1. The maximum Gasteiger partial charge on any atom is 0.472 e. The van der Waals surface area contributed by atoms with Gasteiger partial charge in [0.25, 0.3) is 0 Å². The SMILES string of the molecule is CCCCC/C=C\C/C=C\C/C=C\C/C=C\CCCC(=O)OC[C@H](COP(=O)(O)OCCN)OC(=O)CCC[C@H](O)/C=C/C=C\C/C=C\C=C\[C@H](O)CCCCC. The summed E-state index contributed by atoms with van der Waals surface area (Å²) in [4.78, 5) is 34.8. The normalized spacial score (nSPS) is 15.4. The lowest BCUT2D eigenvalue weighted by molar-refractivity contribution is -0.161. The highest BCUT2D eigenvalue weighted by Gasteiger charge is 2.26. The van der Waals surface area contributed by atoms with Gasteiger partial charge in [0.15, 0.2) is 6.10 Å². The van der Waals surface area contributed by atoms with Crippen LogP contribution in [-0.4, -0.2) is 71.7 Å². The molecule has 0 bridgehead atoms. The van der Waals surface area contributed by atoms with Crippen molar-refractivity contribution in [1.82, 2.24) is 0 Å². The van der Waals surface area contributed by atoms with Crippen LogP contribution >= 0.6 is 7.82 Å². The molecular formula is C45H74NO10P. The molecule has 12 heteroatoms. The highest BCUT2D eigenvalue weighted by atomic mass is 31.2. The molecule has 0 fully saturated rings. The van der Waals surface area contributed by atoms with Crippen molar-refractivity contribution in [2.75, 3.05) is 26.4 Å². The van der Waals surface area contributed by atoms with Gasteiger partial charge in [0, 0.05) is 19.4 Å². The van der Waals surface area contributed by atoms with Gasteiger partial charge in [-0.25, -0.2) is 4.57 Å². The van der Waals surface area contributed by atoms with Gasteiger partial charge in [0.2, 0.25) is 0 Å². The zero-order valence-electron chi connectivity index (χ0n) is 34.7. The van der Waals surface area contributed by atoms with E-state index >= 15 is 0 Å². The number of carbonyl (C=O) groups excluding carboxylic acids is 2. The van der Waals surface area contributed by atoms with Gasteiger partial charge < -0.3 is 30.3 Å². The molecule has 0 saturated heterocycles. The van der Waals surface area contributed by atoms with E-state index in [9.17, 15) is 29.3 Å². The summed E-state index contributed by atoms with van der Waals surface area (Å²) >= 11 is 0. The largest absolute Gasteiger partial charge is 0.472 e. The monoisotopic (exact) mass is 820 g/mol. The van der Waals surface area contributed by atoms with E-state index in [1.807, 2.05) is 42.5 Å². The van der Waals surface area contributed by atoms with Crippen molar-refractivity contribution in [2.24, 2.45) is 5.73 Å². The number of rotatable bonds is 37. The molecule has 324 valence electrons. The minimum Gasteiger partial charge on any atom is -0.462 e. The van der Waals surface area contributed by atoms with Crippen molar-refractivity contribution in [3.05, 3.63) is 97.2 Å². The van der Waals surface area contributed by atoms with Gasteiger partial charge in [-0.3, -0.25) is 18.6 Å². The van der Waals surface area contributed by atoms with Crippen molar-refractivity contribution in [2.45, 2.75) is 148 Å². The highest BCUT2D eigenvalue weighted by molar-refractivity contribution is 7.47. The van der Waals surface area contributed by atoms with Gasteiger partial charge in [-0.2, -0.15) is 0 Å². The van der Waals surface area contributed by atoms with E-state index in [4.69, 9.17) is 24.3 Å². The molecule has 5 N–H and O–H groups in total. The number of carbonyl (C=O) groups is 2. The maximum absolute atomic E-state index is 12.6. The van der Waals surface area contributed by atoms with Crippen LogP contribution in [0.25, 0.3) is 0 Å². The molecule has 0 aromatic heterocycles. The molecule has 0 rings (SSSR count). The Kier molecular flexibility index (Phi) is 37.5. The Morgan fingerprint density at radius 2 is 1.12 bits per heavy atom. The summed E-state index contributed by atoms with van der Waals surface area (Å²) in [7, 11) is -4.46. The van der Waals surface area contributed by atoms with Gasteiger partial charge in [-0.1, -0.05) is 143 Å². The lowest BCUT2D eigenvalue weighted by Gasteiger charge is -2.20. The molecule has 0 aliphatic carbocycles. The summed E-state index contributed by atoms with van der Waals surface area (Å²) in [6.45, 7) is 3.24. The van der Waals surface area contributed by atoms with E-state index < -0.39 is 44.7 Å². The summed E-state index contributed by atoms with van der Waals surface area (Å²) in [5, 5.41) is 20.1. The van der Waals surface area contributed by atoms with Gasteiger partial charge >= 0.3 is 19.8 Å². The molecule has 0 spiro atoms. The zero-order valence-corrected chi connectivity index (χ0v) is 35.6. The minimum atomic E-state index is -4.46. The standard InChI is InChI=1S/C45H74NO10P/c1-3-5-7-8-9-10-11-12-13-14-15-16-17-18-22-25-29-35-44(49)53-39-43(40-55-57(51,52)54-38-37-46)56-45(50)36-30-34-42(48)33-28-24-21-19-20-23-27-32-41(47)31-26-6-4-2/h9-10,12-13,15-16,18,20-24,27-28,32-33,41-43,47-48H,3-8,11,14,17,19,25-26,29-31,34-40,46H2,1-2H3,(H,51,52)/b10-9-,13-12-,16-15-,22-18-,23-20-,24-21-,32-27+,33-28+/t41-,42-,43-/m1/s1. The van der Waals surface area contributed by atoms with Crippen molar-refractivity contribution in [1.29, 1.82) is 0 Å². The Morgan fingerprint density at radius 1 is 0.614 bits per heavy atom. The molecule has 0 radical (unpaired) electrons. The molecule has 0 heterocycles. The molecule has 0 aliphatic heterocycles. The van der Waals surface area contributed by atoms with E-state index in [0.29, 0.717) is 32.1 Å². The van der Waals surface area contributed by atoms with Crippen LogP contribution in [0, 0.1) is 0 Å². The minimum absolute atomic E-state index is 0.00326. The Bertz CT molecular complexity index is 1290. The topological polar surface area (TPSA) is 175 Å². The van der Waals surface area contributed by atoms with Crippen LogP contribution in [0.3, 0.4) is 0 Å². The second kappa shape index (κ2) is 39.7. The lowest BCUT2D eigenvalue weighted by Crippen LogP contribution is -2.29. The molecule has 11 nitrogen and oxygen atoms in total. The summed E-state index contributed by atoms with van der Waals surface area (Å²) < 4.78 is 32.5. The van der Waals surface area contributed by atoms with Gasteiger partial charge in [-0.05, 0) is 70.6 Å². The van der Waals surface area contributed by atoms with E-state index in [0.717, 1.165) is 51.4 Å². The van der Waals surface area contributed by atoms with Crippen LogP contribution in [0.5, 0.6) is 0 Å². The molecule has 0 aliphatic rings. The third kappa shape index (κ3) is 39.5. The van der Waals surface area contributed by atoms with Crippen LogP contribution in [0.4, 0.5) is 0 Å². The first-order chi connectivity index (χ1) is 27.6. The van der Waals surface area contributed by atoms with E-state index in [2.05, 4.69) is 50.3 Å². The molecule has 57 heavy (non-hydrogen) atoms. The number of hydrogen-bond acceptors (Lipinski definition) is 10. The number of allylic oxidation sites excluding steroid dienone is 14. The number of unbranched alkanes of at least 4 members (excludes halogenated alkanes) is 6. The van der Waals surface area contributed by atoms with Crippen molar-refractivity contribution < 1.29 is 47.8 Å². The number of ether oxygens (including phenoxy) is 2. The number of aliphatic hydroxyl groups excluding tert-OH is 2. The average molecular weight is 820 g/mol. The molecule has 0 aromatic rings. The van der Waals surface area contributed by atoms with E-state index in [1.54, 1.807) is 18.2 Å². The van der Waals surface area contributed by atoms with Crippen LogP contribution in [0.15, 0.2) is 97.2 Å². The predicted molar refractivity (Wildman–Crippen MR) is 231 cm³/mol. The molecule has 4 atom stereocenters. The average Bonchev–Trinajstić information content (AvgIpc) is 3.18. The molecule has 0 aromatic carbocycles. The van der Waals surface area contributed by atoms with Gasteiger partial charge in [-0.15, -0.1) is 0 Å². The van der Waals surface area contributed by atoms with Gasteiger partial charge in [0.1, 0.15) is 6.61 Å². The number of esters is 2. The van der Waals surface area contributed by atoms with Crippen LogP contribution in [-0.2, 0) is 32.7 Å². The number of aliphatic hydroxyl groups is 2. The number of hydrogen-bond donors (Lipinski definition) is 4. The summed E-state index contributed by atoms with van der Waals surface area (Å²) in [6, 6.07) is 0. The Morgan fingerprint density at radius 3 is 1.70 bits per heavy atom. The predicted octanol–water partition coefficient (Wildman–Crippen LogP) is 9.77. The Hall–Kier alpha value is -3.15. The second-order valence-electron chi connectivity index (χ2n) is 13.5. The molecule has 0 saturated carbocycles. The number of phosphoric ester groups is 1. The highest BCUT2D eigenvalue weighted by Crippen LogP contribution is 2.43. The zero-order chi connectivity index (χ0) is 42.1. The summed E-state index contributed by atoms with van der Waals surface area (Å²) in [5.74, 6) is -1.13. The van der Waals surface area contributed by atoms with Gasteiger partial charge in [0.05, 0.1) is 25.4 Å². The molecular weight excluding hydrogens is 745 g/mol. The number of phosphoric acid groups is 1. The first-order valence-corrected chi connectivity index (χ1v) is 22.4. The summed E-state index contributed by atoms with van der Waals surface area (Å²) in [6.07, 6.45) is 43.7. The summed E-state index contributed by atoms with van der Waals surface area (Å²) in [5.41, 5.74) is 5.32. The lowest BCUT2D eigenvalue weighted by atomic mass is 10.1. The smallest absolute Gasteiger partial charge is 0.462 e. The van der Waals surface area contributed by atoms with Crippen LogP contribution in [0.1, 0.15) is 129 Å². The third-order valence-electron chi connectivity index (χ3n) is 8.15. The quantitative estimate of drug-likeness (QED) is 0.0154. The van der Waals surface area contributed by atoms with Crippen molar-refractivity contribution in [3.63, 3.8) is 0 Å². The molecule has 1 unspecified atom stereocenters. The second-order valence-corrected chi connectivity index (χ2v) is 15.0. The Labute approximate surface area is 343 Å². The third-order valence-corrected chi connectivity index (χ3v) is 9.13. The Balaban J connectivity index is 4.54. The maximum atomic E-state index is 12.6. The van der Waals surface area contributed by atoms with Crippen molar-refractivity contribution >= 4 is 19.8 Å². The van der Waals surface area contributed by atoms with Crippen molar-refractivity contribution in [3.8, 4) is 0 Å². The fourth-order valence-corrected chi connectivity index (χ4v) is 5.72. The fraction of sp³-hybridized carbons (Fsp3) is 0.600. The first-order valence-electron chi connectivity index (χ1n) is 20.9. The first kappa shape index (κ1) is 53.9. The van der Waals surface area contributed by atoms with E-state index in [-0.39, 0.29) is 32.6 Å². The fourth-order valence-electron chi connectivity index (χ4n) is 4.96. The van der Waals surface area contributed by atoms with Crippen LogP contribution < -0.4 is 5.73 Å².